The van der Waals surface area contributed by atoms with Gasteiger partial charge in [-0.15, -0.1) is 0 Å². The van der Waals surface area contributed by atoms with Gasteiger partial charge in [-0.2, -0.15) is 26.9 Å². The summed E-state index contributed by atoms with van der Waals surface area (Å²) in [6.45, 7) is 3.37. The molecule has 1 aliphatic heterocycles. The second kappa shape index (κ2) is 6.25. The van der Waals surface area contributed by atoms with E-state index in [1.54, 1.807) is 12.1 Å². The lowest BCUT2D eigenvalue weighted by molar-refractivity contribution is -0.0500. The predicted octanol–water partition coefficient (Wildman–Crippen LogP) is 1.93. The van der Waals surface area contributed by atoms with E-state index in [0.29, 0.717) is 37.6 Å². The van der Waals surface area contributed by atoms with E-state index in [2.05, 4.69) is 4.18 Å². The van der Waals surface area contributed by atoms with Gasteiger partial charge in [0.2, 0.25) is 0 Å². The van der Waals surface area contributed by atoms with Gasteiger partial charge in [-0.05, 0) is 18.6 Å². The topological polar surface area (TPSA) is 79.6 Å². The number of anilines is 1. The van der Waals surface area contributed by atoms with Crippen LogP contribution < -0.4 is 9.08 Å². The Labute approximate surface area is 131 Å². The molecule has 0 atom stereocenters. The van der Waals surface area contributed by atoms with Crippen molar-refractivity contribution in [1.82, 2.24) is 0 Å². The van der Waals surface area contributed by atoms with Crippen molar-refractivity contribution < 1.29 is 30.5 Å². The molecule has 1 heterocycles. The highest BCUT2D eigenvalue weighted by Gasteiger charge is 2.49. The molecule has 1 aromatic rings. The monoisotopic (exact) mass is 350 g/mol. The fourth-order valence-corrected chi connectivity index (χ4v) is 2.58. The Hall–Kier alpha value is -1.99. The highest BCUT2D eigenvalue weighted by atomic mass is 32.2. The molecule has 0 amide bonds. The van der Waals surface area contributed by atoms with Crippen LogP contribution in [0.15, 0.2) is 12.1 Å². The third kappa shape index (κ3) is 3.68. The number of nitrogens with zero attached hydrogens (tertiary/aromatic N) is 2. The van der Waals surface area contributed by atoms with Gasteiger partial charge in [0.1, 0.15) is 6.07 Å². The minimum atomic E-state index is -5.84. The average molecular weight is 350 g/mol. The summed E-state index contributed by atoms with van der Waals surface area (Å²) in [6, 6.07) is 4.39. The Balaban J connectivity index is 2.45. The first-order chi connectivity index (χ1) is 10.7. The molecule has 0 unspecified atom stereocenters. The van der Waals surface area contributed by atoms with Crippen molar-refractivity contribution in [2.24, 2.45) is 0 Å². The summed E-state index contributed by atoms with van der Waals surface area (Å²) in [7, 11) is -5.84. The minimum Gasteiger partial charge on any atom is -0.378 e. The van der Waals surface area contributed by atoms with Crippen LogP contribution in [-0.4, -0.2) is 40.2 Å². The van der Waals surface area contributed by atoms with E-state index in [1.807, 2.05) is 4.90 Å². The number of aryl methyl sites for hydroxylation is 1. The maximum atomic E-state index is 12.5. The summed E-state index contributed by atoms with van der Waals surface area (Å²) in [5.41, 5.74) is -5.03. The Bertz CT molecular complexity index is 735. The van der Waals surface area contributed by atoms with Gasteiger partial charge < -0.3 is 13.8 Å². The summed E-state index contributed by atoms with van der Waals surface area (Å²) >= 11 is 0. The molecule has 1 aromatic carbocycles. The lowest BCUT2D eigenvalue weighted by Gasteiger charge is -2.29. The second-order valence-corrected chi connectivity index (χ2v) is 6.37. The lowest BCUT2D eigenvalue weighted by atomic mass is 10.1. The Kier molecular flexibility index (Phi) is 4.72. The second-order valence-electron chi connectivity index (χ2n) is 4.83. The van der Waals surface area contributed by atoms with Crippen LogP contribution in [0.5, 0.6) is 5.75 Å². The average Bonchev–Trinajstić information content (AvgIpc) is 2.46. The number of benzene rings is 1. The number of rotatable bonds is 3. The number of hydrogen-bond donors (Lipinski definition) is 0. The minimum absolute atomic E-state index is 0.255. The first-order valence-corrected chi connectivity index (χ1v) is 7.95. The quantitative estimate of drug-likeness (QED) is 0.612. The first kappa shape index (κ1) is 17.4. The Morgan fingerprint density at radius 3 is 2.43 bits per heavy atom. The van der Waals surface area contributed by atoms with Crippen LogP contribution in [0.2, 0.25) is 0 Å². The molecule has 0 aromatic heterocycles. The zero-order valence-electron chi connectivity index (χ0n) is 12.1. The number of halogens is 3. The van der Waals surface area contributed by atoms with Crippen LogP contribution >= 0.6 is 0 Å². The van der Waals surface area contributed by atoms with Gasteiger partial charge in [-0.3, -0.25) is 0 Å². The van der Waals surface area contributed by atoms with Crippen LogP contribution in [0.25, 0.3) is 0 Å². The maximum Gasteiger partial charge on any atom is 0.534 e. The summed E-state index contributed by atoms with van der Waals surface area (Å²) < 4.78 is 69.2. The molecule has 10 heteroatoms. The summed E-state index contributed by atoms with van der Waals surface area (Å²) in [4.78, 5) is 1.81. The van der Waals surface area contributed by atoms with Crippen LogP contribution in [-0.2, 0) is 14.9 Å². The standard InChI is InChI=1S/C13H13F3N2O4S/c1-9-6-10(18-2-4-21-5-3-18)7-12(11(9)8-17)22-23(19,20)13(14,15)16/h6-7H,2-5H2,1H3. The van der Waals surface area contributed by atoms with E-state index in [0.717, 1.165) is 6.07 Å². The molecule has 1 saturated heterocycles. The molecule has 0 aliphatic carbocycles. The van der Waals surface area contributed by atoms with Crippen molar-refractivity contribution in [3.05, 3.63) is 23.3 Å². The van der Waals surface area contributed by atoms with E-state index >= 15 is 0 Å². The van der Waals surface area contributed by atoms with Gasteiger partial charge in [0, 0.05) is 24.8 Å². The molecule has 126 valence electrons. The molecule has 1 fully saturated rings. The van der Waals surface area contributed by atoms with Crippen molar-refractivity contribution in [2.75, 3.05) is 31.2 Å². The highest BCUT2D eigenvalue weighted by molar-refractivity contribution is 7.88. The first-order valence-electron chi connectivity index (χ1n) is 6.54. The number of ether oxygens (including phenoxy) is 1. The van der Waals surface area contributed by atoms with Crippen LogP contribution in [0.1, 0.15) is 11.1 Å². The van der Waals surface area contributed by atoms with Crippen molar-refractivity contribution in [3.8, 4) is 11.8 Å². The van der Waals surface area contributed by atoms with Gasteiger partial charge in [-0.1, -0.05) is 0 Å². The predicted molar refractivity (Wildman–Crippen MR) is 74.5 cm³/mol. The third-order valence-corrected chi connectivity index (χ3v) is 4.22. The van der Waals surface area contributed by atoms with Gasteiger partial charge in [0.05, 0.1) is 18.8 Å². The van der Waals surface area contributed by atoms with Crippen LogP contribution in [0.4, 0.5) is 18.9 Å². The SMILES string of the molecule is Cc1cc(N2CCOCC2)cc(OS(=O)(=O)C(F)(F)F)c1C#N. The molecular formula is C13H13F3N2O4S. The fraction of sp³-hybridized carbons (Fsp3) is 0.462. The molecule has 0 bridgehead atoms. The highest BCUT2D eigenvalue weighted by Crippen LogP contribution is 2.33. The van der Waals surface area contributed by atoms with Crippen LogP contribution in [0, 0.1) is 18.3 Å². The van der Waals surface area contributed by atoms with Gasteiger partial charge in [0.25, 0.3) is 0 Å². The lowest BCUT2D eigenvalue weighted by Crippen LogP contribution is -2.36. The normalized spacial score (nSPS) is 16.0. The molecule has 0 radical (unpaired) electrons. The molecule has 0 saturated carbocycles. The van der Waals surface area contributed by atoms with Crippen LogP contribution in [0.3, 0.4) is 0 Å². The van der Waals surface area contributed by atoms with E-state index in [4.69, 9.17) is 10.00 Å². The van der Waals surface area contributed by atoms with E-state index < -0.39 is 21.4 Å². The molecule has 6 nitrogen and oxygen atoms in total. The number of alkyl halides is 3. The van der Waals surface area contributed by atoms with Crippen molar-refractivity contribution in [1.29, 1.82) is 5.26 Å². The molecule has 2 rings (SSSR count). The molecule has 1 aliphatic rings. The van der Waals surface area contributed by atoms with E-state index in [-0.39, 0.29) is 5.56 Å². The molecule has 23 heavy (non-hydrogen) atoms. The summed E-state index contributed by atoms with van der Waals surface area (Å²) in [5.74, 6) is -0.633. The third-order valence-electron chi connectivity index (χ3n) is 3.26. The largest absolute Gasteiger partial charge is 0.534 e. The number of morpholine rings is 1. The Morgan fingerprint density at radius 1 is 1.30 bits per heavy atom. The van der Waals surface area contributed by atoms with Gasteiger partial charge in [-0.25, -0.2) is 0 Å². The molecule has 0 N–H and O–H groups in total. The smallest absolute Gasteiger partial charge is 0.378 e. The van der Waals surface area contributed by atoms with E-state index in [1.165, 1.54) is 6.92 Å². The fourth-order valence-electron chi connectivity index (χ4n) is 2.12. The zero-order chi connectivity index (χ0) is 17.3. The summed E-state index contributed by atoms with van der Waals surface area (Å²) in [5, 5.41) is 9.06. The molecule has 0 spiro atoms. The summed E-state index contributed by atoms with van der Waals surface area (Å²) in [6.07, 6.45) is 0. The van der Waals surface area contributed by atoms with E-state index in [9.17, 15) is 21.6 Å². The number of nitriles is 1. The number of hydrogen-bond acceptors (Lipinski definition) is 6. The molecular weight excluding hydrogens is 337 g/mol. The van der Waals surface area contributed by atoms with Gasteiger partial charge in [0.15, 0.2) is 5.75 Å². The van der Waals surface area contributed by atoms with Crippen molar-refractivity contribution in [2.45, 2.75) is 12.4 Å². The van der Waals surface area contributed by atoms with Crippen molar-refractivity contribution in [3.63, 3.8) is 0 Å². The van der Waals surface area contributed by atoms with Gasteiger partial charge >= 0.3 is 15.6 Å². The zero-order valence-corrected chi connectivity index (χ0v) is 12.9. The maximum absolute atomic E-state index is 12.5. The van der Waals surface area contributed by atoms with Crippen molar-refractivity contribution >= 4 is 15.8 Å². The Morgan fingerprint density at radius 2 is 1.91 bits per heavy atom.